The monoisotopic (exact) mass is 531 g/mol. The third-order valence-electron chi connectivity index (χ3n) is 5.60. The van der Waals surface area contributed by atoms with E-state index >= 15 is 0 Å². The molecule has 188 valence electrons. The van der Waals surface area contributed by atoms with E-state index < -0.39 is 35.4 Å². The molecule has 0 aliphatic carbocycles. The van der Waals surface area contributed by atoms with Crippen LogP contribution in [0.2, 0.25) is 10.0 Å². The molecular formula is C26H24Cl2FN3O4. The number of carbonyl (C=O) groups is 3. The van der Waals surface area contributed by atoms with E-state index in [9.17, 15) is 18.8 Å². The SMILES string of the molecule is CC(C)(C)OC(=O)CCC(c1ccc(Cl)cc1)N1C(=O)N/C(=C\c2c[nH]c3c(F)c(Cl)ccc23)C1=O. The van der Waals surface area contributed by atoms with Crippen LogP contribution in [-0.2, 0) is 14.3 Å². The molecule has 1 aliphatic rings. The van der Waals surface area contributed by atoms with Crippen LogP contribution in [0.25, 0.3) is 17.0 Å². The molecule has 0 saturated carbocycles. The normalized spacial score (nSPS) is 16.1. The summed E-state index contributed by atoms with van der Waals surface area (Å²) >= 11 is 11.9. The van der Waals surface area contributed by atoms with Crippen molar-refractivity contribution in [2.75, 3.05) is 0 Å². The Morgan fingerprint density at radius 1 is 1.14 bits per heavy atom. The number of benzene rings is 2. The second kappa shape index (κ2) is 9.95. The molecule has 0 spiro atoms. The molecule has 1 saturated heterocycles. The molecule has 36 heavy (non-hydrogen) atoms. The molecule has 7 nitrogen and oxygen atoms in total. The Bertz CT molecular complexity index is 1380. The van der Waals surface area contributed by atoms with Crippen molar-refractivity contribution in [3.05, 3.63) is 75.3 Å². The number of urea groups is 1. The van der Waals surface area contributed by atoms with Crippen LogP contribution in [0.4, 0.5) is 9.18 Å². The van der Waals surface area contributed by atoms with Crippen LogP contribution in [-0.4, -0.2) is 33.4 Å². The molecule has 4 rings (SSSR count). The number of rotatable bonds is 6. The van der Waals surface area contributed by atoms with Crippen molar-refractivity contribution in [3.63, 3.8) is 0 Å². The van der Waals surface area contributed by atoms with Crippen molar-refractivity contribution in [2.45, 2.75) is 45.3 Å². The minimum absolute atomic E-state index is 0.0108. The molecular weight excluding hydrogens is 508 g/mol. The van der Waals surface area contributed by atoms with E-state index in [2.05, 4.69) is 10.3 Å². The van der Waals surface area contributed by atoms with Crippen molar-refractivity contribution in [3.8, 4) is 0 Å². The smallest absolute Gasteiger partial charge is 0.329 e. The average Bonchev–Trinajstić information content (AvgIpc) is 3.32. The molecule has 1 atom stereocenters. The van der Waals surface area contributed by atoms with Gasteiger partial charge in [0.2, 0.25) is 0 Å². The number of imide groups is 1. The number of halogens is 3. The summed E-state index contributed by atoms with van der Waals surface area (Å²) in [7, 11) is 0. The molecule has 1 aliphatic heterocycles. The number of ether oxygens (including phenoxy) is 1. The van der Waals surface area contributed by atoms with Crippen molar-refractivity contribution in [1.29, 1.82) is 0 Å². The second-order valence-corrected chi connectivity index (χ2v) is 10.2. The molecule has 1 aromatic heterocycles. The van der Waals surface area contributed by atoms with Crippen molar-refractivity contribution >= 4 is 58.1 Å². The highest BCUT2D eigenvalue weighted by Crippen LogP contribution is 2.33. The van der Waals surface area contributed by atoms with E-state index in [-0.39, 0.29) is 29.1 Å². The van der Waals surface area contributed by atoms with Crippen molar-refractivity contribution < 1.29 is 23.5 Å². The van der Waals surface area contributed by atoms with E-state index in [1.807, 2.05) is 0 Å². The zero-order valence-electron chi connectivity index (χ0n) is 19.8. The largest absolute Gasteiger partial charge is 0.460 e. The van der Waals surface area contributed by atoms with E-state index in [0.717, 1.165) is 4.90 Å². The van der Waals surface area contributed by atoms with Gasteiger partial charge < -0.3 is 15.0 Å². The maximum Gasteiger partial charge on any atom is 0.329 e. The summed E-state index contributed by atoms with van der Waals surface area (Å²) < 4.78 is 19.7. The summed E-state index contributed by atoms with van der Waals surface area (Å²) in [5, 5.41) is 3.56. The van der Waals surface area contributed by atoms with Crippen molar-refractivity contribution in [2.24, 2.45) is 0 Å². The Morgan fingerprint density at radius 3 is 2.50 bits per heavy atom. The highest BCUT2D eigenvalue weighted by atomic mass is 35.5. The molecule has 0 bridgehead atoms. The molecule has 1 unspecified atom stereocenters. The van der Waals surface area contributed by atoms with Gasteiger partial charge in [-0.3, -0.25) is 14.5 Å². The zero-order chi connectivity index (χ0) is 26.2. The summed E-state index contributed by atoms with van der Waals surface area (Å²) in [6.45, 7) is 5.29. The Kier molecular flexibility index (Phi) is 7.11. The van der Waals surface area contributed by atoms with Gasteiger partial charge in [-0.15, -0.1) is 0 Å². The zero-order valence-corrected chi connectivity index (χ0v) is 21.3. The number of hydrogen-bond donors (Lipinski definition) is 2. The Labute approximate surface area is 217 Å². The first-order valence-electron chi connectivity index (χ1n) is 11.2. The standard InChI is InChI=1S/C26H24Cl2FN3O4/c1-26(2,3)36-21(33)11-10-20(14-4-6-16(27)7-5-14)32-24(34)19(31-25(32)35)12-15-13-30-23-17(15)8-9-18(28)22(23)29/h4-9,12-13,20,30H,10-11H2,1-3H3,(H,31,35)/b19-12-. The summed E-state index contributed by atoms with van der Waals surface area (Å²) in [6.07, 6.45) is 3.14. The molecule has 3 amide bonds. The van der Waals surface area contributed by atoms with Gasteiger partial charge in [0.05, 0.1) is 16.6 Å². The maximum absolute atomic E-state index is 14.3. The van der Waals surface area contributed by atoms with Gasteiger partial charge >= 0.3 is 12.0 Å². The Balaban J connectivity index is 1.64. The number of hydrogen-bond acceptors (Lipinski definition) is 4. The molecule has 1 fully saturated rings. The van der Waals surface area contributed by atoms with Gasteiger partial charge in [-0.05, 0) is 57.0 Å². The number of nitrogens with zero attached hydrogens (tertiary/aromatic N) is 1. The van der Waals surface area contributed by atoms with Gasteiger partial charge in [0.1, 0.15) is 11.3 Å². The fourth-order valence-corrected chi connectivity index (χ4v) is 4.33. The fourth-order valence-electron chi connectivity index (χ4n) is 4.04. The van der Waals surface area contributed by atoms with Crippen LogP contribution < -0.4 is 5.32 Å². The summed E-state index contributed by atoms with van der Waals surface area (Å²) in [5.74, 6) is -1.62. The third kappa shape index (κ3) is 5.39. The summed E-state index contributed by atoms with van der Waals surface area (Å²) in [4.78, 5) is 42.6. The van der Waals surface area contributed by atoms with Crippen LogP contribution in [0.3, 0.4) is 0 Å². The number of amides is 3. The summed E-state index contributed by atoms with van der Waals surface area (Å²) in [5.41, 5.74) is 0.693. The van der Waals surface area contributed by atoms with Crippen LogP contribution in [0, 0.1) is 5.82 Å². The van der Waals surface area contributed by atoms with Gasteiger partial charge in [0, 0.05) is 28.6 Å². The number of aromatic nitrogens is 1. The first-order chi connectivity index (χ1) is 16.9. The molecule has 0 radical (unpaired) electrons. The van der Waals surface area contributed by atoms with Gasteiger partial charge in [0.15, 0.2) is 5.82 Å². The predicted molar refractivity (Wildman–Crippen MR) is 136 cm³/mol. The van der Waals surface area contributed by atoms with Crippen LogP contribution in [0.15, 0.2) is 48.3 Å². The lowest BCUT2D eigenvalue weighted by Gasteiger charge is -2.26. The second-order valence-electron chi connectivity index (χ2n) is 9.38. The van der Waals surface area contributed by atoms with Crippen LogP contribution >= 0.6 is 23.2 Å². The average molecular weight is 532 g/mol. The number of H-pyrrole nitrogens is 1. The van der Waals surface area contributed by atoms with Gasteiger partial charge in [-0.25, -0.2) is 9.18 Å². The molecule has 2 N–H and O–H groups in total. The predicted octanol–water partition coefficient (Wildman–Crippen LogP) is 6.37. The topological polar surface area (TPSA) is 91.5 Å². The molecule has 10 heteroatoms. The summed E-state index contributed by atoms with van der Waals surface area (Å²) in [6, 6.07) is 8.38. The minimum atomic E-state index is -0.743. The highest BCUT2D eigenvalue weighted by Gasteiger charge is 2.40. The molecule has 2 heterocycles. The Hall–Kier alpha value is -3.36. The first kappa shape index (κ1) is 25.7. The first-order valence-corrected chi connectivity index (χ1v) is 12.0. The quantitative estimate of drug-likeness (QED) is 0.219. The maximum atomic E-state index is 14.3. The lowest BCUT2D eigenvalue weighted by Crippen LogP contribution is -2.35. The number of esters is 1. The van der Waals surface area contributed by atoms with E-state index in [1.54, 1.807) is 51.1 Å². The third-order valence-corrected chi connectivity index (χ3v) is 6.14. The van der Waals surface area contributed by atoms with E-state index in [1.165, 1.54) is 18.3 Å². The lowest BCUT2D eigenvalue weighted by molar-refractivity contribution is -0.155. The van der Waals surface area contributed by atoms with Crippen molar-refractivity contribution in [1.82, 2.24) is 15.2 Å². The highest BCUT2D eigenvalue weighted by molar-refractivity contribution is 6.31. The van der Waals surface area contributed by atoms with Gasteiger partial charge in [0.25, 0.3) is 5.91 Å². The van der Waals surface area contributed by atoms with E-state index in [4.69, 9.17) is 27.9 Å². The van der Waals surface area contributed by atoms with Crippen LogP contribution in [0.5, 0.6) is 0 Å². The molecule has 2 aromatic carbocycles. The van der Waals surface area contributed by atoms with Gasteiger partial charge in [-0.1, -0.05) is 41.4 Å². The number of nitrogens with one attached hydrogen (secondary N) is 2. The number of aromatic amines is 1. The van der Waals surface area contributed by atoms with Crippen LogP contribution in [0.1, 0.15) is 50.8 Å². The lowest BCUT2D eigenvalue weighted by atomic mass is 10.00. The number of carbonyl (C=O) groups excluding carboxylic acids is 3. The van der Waals surface area contributed by atoms with E-state index in [0.29, 0.717) is 21.5 Å². The molecule has 3 aromatic rings. The van der Waals surface area contributed by atoms with Gasteiger partial charge in [-0.2, -0.15) is 0 Å². The minimum Gasteiger partial charge on any atom is -0.460 e. The fraction of sp³-hybridized carbons (Fsp3) is 0.269. The number of fused-ring (bicyclic) bond motifs is 1. The Morgan fingerprint density at radius 2 is 1.83 bits per heavy atom.